The number of halogens is 3. The number of benzene rings is 2. The van der Waals surface area contributed by atoms with Gasteiger partial charge in [0.25, 0.3) is 5.95 Å². The quantitative estimate of drug-likeness (QED) is 0.508. The van der Waals surface area contributed by atoms with E-state index in [1.165, 1.54) is 10.7 Å². The first-order valence-electron chi connectivity index (χ1n) is 9.77. The molecule has 0 bridgehead atoms. The van der Waals surface area contributed by atoms with E-state index in [2.05, 4.69) is 20.7 Å². The predicted octanol–water partition coefficient (Wildman–Crippen LogP) is 5.76. The van der Waals surface area contributed by atoms with E-state index < -0.39 is 11.9 Å². The highest BCUT2D eigenvalue weighted by Crippen LogP contribution is 2.37. The van der Waals surface area contributed by atoms with E-state index in [-0.39, 0.29) is 28.4 Å². The van der Waals surface area contributed by atoms with Crippen LogP contribution in [0.25, 0.3) is 5.70 Å². The van der Waals surface area contributed by atoms with E-state index in [0.717, 1.165) is 5.56 Å². The number of carbonyl (C=O) groups excluding carboxylic acids is 1. The molecule has 1 atom stereocenters. The monoisotopic (exact) mass is 459 g/mol. The Hall–Kier alpha value is -2.90. The maximum Gasteiger partial charge on any atom is 0.250 e. The summed E-state index contributed by atoms with van der Waals surface area (Å²) in [7, 11) is 0. The van der Waals surface area contributed by atoms with Crippen LogP contribution in [0.5, 0.6) is 0 Å². The molecule has 9 heteroatoms. The summed E-state index contributed by atoms with van der Waals surface area (Å²) in [6, 6.07) is 11.1. The highest BCUT2D eigenvalue weighted by molar-refractivity contribution is 6.31. The SMILES string of the molecule is CC(C)CC(=O)Nc1nc2n(n1)[C@@H](c1c(F)cccc1Cl)C=C(c1ccc(Cl)cc1)N2. The van der Waals surface area contributed by atoms with Crippen molar-refractivity contribution in [3.63, 3.8) is 0 Å². The molecule has 1 aliphatic rings. The lowest BCUT2D eigenvalue weighted by atomic mass is 10.0. The van der Waals surface area contributed by atoms with Crippen LogP contribution in [0.2, 0.25) is 10.0 Å². The third-order valence-corrected chi connectivity index (χ3v) is 5.34. The molecular weight excluding hydrogens is 440 g/mol. The van der Waals surface area contributed by atoms with Crippen molar-refractivity contribution in [3.05, 3.63) is 75.5 Å². The molecular formula is C22H20Cl2FN5O. The molecule has 0 fully saturated rings. The molecule has 6 nitrogen and oxygen atoms in total. The van der Waals surface area contributed by atoms with Crippen molar-refractivity contribution in [3.8, 4) is 0 Å². The molecule has 2 aromatic carbocycles. The summed E-state index contributed by atoms with van der Waals surface area (Å²) in [4.78, 5) is 16.6. The third kappa shape index (κ3) is 4.57. The van der Waals surface area contributed by atoms with Gasteiger partial charge in [-0.25, -0.2) is 9.07 Å². The zero-order valence-corrected chi connectivity index (χ0v) is 18.4. The van der Waals surface area contributed by atoms with Crippen molar-refractivity contribution in [1.29, 1.82) is 0 Å². The van der Waals surface area contributed by atoms with Crippen molar-refractivity contribution < 1.29 is 9.18 Å². The zero-order valence-electron chi connectivity index (χ0n) is 16.9. The van der Waals surface area contributed by atoms with Crippen molar-refractivity contribution in [1.82, 2.24) is 14.8 Å². The maximum absolute atomic E-state index is 14.8. The highest BCUT2D eigenvalue weighted by atomic mass is 35.5. The fraction of sp³-hybridized carbons (Fsp3) is 0.227. The van der Waals surface area contributed by atoms with Crippen LogP contribution in [0, 0.1) is 11.7 Å². The lowest BCUT2D eigenvalue weighted by molar-refractivity contribution is -0.116. The minimum atomic E-state index is -0.668. The number of rotatable bonds is 5. The van der Waals surface area contributed by atoms with Gasteiger partial charge >= 0.3 is 0 Å². The number of amides is 1. The molecule has 0 saturated heterocycles. The van der Waals surface area contributed by atoms with Gasteiger partial charge in [-0.3, -0.25) is 10.1 Å². The first-order valence-corrected chi connectivity index (χ1v) is 10.5. The molecule has 2 heterocycles. The Morgan fingerprint density at radius 3 is 2.65 bits per heavy atom. The van der Waals surface area contributed by atoms with Crippen LogP contribution < -0.4 is 10.6 Å². The van der Waals surface area contributed by atoms with Crippen LogP contribution in [-0.2, 0) is 4.79 Å². The predicted molar refractivity (Wildman–Crippen MR) is 121 cm³/mol. The van der Waals surface area contributed by atoms with Crippen molar-refractivity contribution in [2.75, 3.05) is 10.6 Å². The van der Waals surface area contributed by atoms with Gasteiger partial charge in [0.15, 0.2) is 0 Å². The van der Waals surface area contributed by atoms with E-state index in [1.54, 1.807) is 24.3 Å². The number of aromatic nitrogens is 3. The van der Waals surface area contributed by atoms with E-state index in [9.17, 15) is 9.18 Å². The Morgan fingerprint density at radius 2 is 1.97 bits per heavy atom. The molecule has 1 aliphatic heterocycles. The second kappa shape index (κ2) is 8.69. The van der Waals surface area contributed by atoms with Crippen LogP contribution >= 0.6 is 23.2 Å². The van der Waals surface area contributed by atoms with E-state index in [4.69, 9.17) is 23.2 Å². The second-order valence-electron chi connectivity index (χ2n) is 7.64. The molecule has 0 saturated carbocycles. The first kappa shape index (κ1) is 21.3. The largest absolute Gasteiger partial charge is 0.324 e. The van der Waals surface area contributed by atoms with Crippen LogP contribution in [0.4, 0.5) is 16.3 Å². The molecule has 0 spiro atoms. The van der Waals surface area contributed by atoms with Gasteiger partial charge < -0.3 is 5.32 Å². The minimum Gasteiger partial charge on any atom is -0.324 e. The van der Waals surface area contributed by atoms with Crippen LogP contribution in [0.3, 0.4) is 0 Å². The molecule has 2 N–H and O–H groups in total. The van der Waals surface area contributed by atoms with Gasteiger partial charge in [-0.15, -0.1) is 5.10 Å². The van der Waals surface area contributed by atoms with Crippen molar-refractivity contribution >= 4 is 46.7 Å². The number of carbonyl (C=O) groups is 1. The Bertz CT molecular complexity index is 1140. The maximum atomic E-state index is 14.8. The van der Waals surface area contributed by atoms with Crippen molar-refractivity contribution in [2.45, 2.75) is 26.3 Å². The number of nitrogens with zero attached hydrogens (tertiary/aromatic N) is 3. The van der Waals surface area contributed by atoms with Crippen LogP contribution in [0.1, 0.15) is 37.4 Å². The first-order chi connectivity index (χ1) is 14.8. The molecule has 0 radical (unpaired) electrons. The number of fused-ring (bicyclic) bond motifs is 1. The summed E-state index contributed by atoms with van der Waals surface area (Å²) in [5, 5.41) is 11.2. The fourth-order valence-electron chi connectivity index (χ4n) is 3.39. The summed E-state index contributed by atoms with van der Waals surface area (Å²) < 4.78 is 16.3. The number of hydrogen-bond acceptors (Lipinski definition) is 4. The summed E-state index contributed by atoms with van der Waals surface area (Å²) in [6.07, 6.45) is 2.16. The average molecular weight is 460 g/mol. The van der Waals surface area contributed by atoms with Gasteiger partial charge in [0.2, 0.25) is 11.9 Å². The molecule has 0 unspecified atom stereocenters. The van der Waals surface area contributed by atoms with E-state index >= 15 is 0 Å². The standard InChI is InChI=1S/C22H20Cl2FN5O/c1-12(2)10-19(31)27-21-28-22-26-17(13-6-8-14(23)9-7-13)11-18(30(22)29-21)20-15(24)4-3-5-16(20)25/h3-9,11-12,18H,10H2,1-2H3,(H2,26,27,28,29,31)/t18-/m1/s1. The molecule has 1 aromatic heterocycles. The summed E-state index contributed by atoms with van der Waals surface area (Å²) in [5.74, 6) is 0.0359. The topological polar surface area (TPSA) is 71.8 Å². The van der Waals surface area contributed by atoms with Gasteiger partial charge in [0.1, 0.15) is 11.9 Å². The molecule has 1 amide bonds. The number of nitrogens with one attached hydrogen (secondary N) is 2. The van der Waals surface area contributed by atoms with E-state index in [0.29, 0.717) is 23.1 Å². The Labute approximate surface area is 189 Å². The Balaban J connectivity index is 1.77. The van der Waals surface area contributed by atoms with Crippen LogP contribution in [0.15, 0.2) is 48.5 Å². The lowest BCUT2D eigenvalue weighted by Crippen LogP contribution is -2.21. The van der Waals surface area contributed by atoms with Gasteiger partial charge in [-0.05, 0) is 41.8 Å². The van der Waals surface area contributed by atoms with Crippen molar-refractivity contribution in [2.24, 2.45) is 5.92 Å². The molecule has 31 heavy (non-hydrogen) atoms. The van der Waals surface area contributed by atoms with E-state index in [1.807, 2.05) is 32.1 Å². The lowest BCUT2D eigenvalue weighted by Gasteiger charge is -2.25. The molecule has 160 valence electrons. The molecule has 0 aliphatic carbocycles. The van der Waals surface area contributed by atoms with Crippen LogP contribution in [-0.4, -0.2) is 20.7 Å². The molecule has 4 rings (SSSR count). The van der Waals surface area contributed by atoms with Gasteiger partial charge in [0, 0.05) is 27.7 Å². The Kier molecular flexibility index (Phi) is 5.98. The smallest absolute Gasteiger partial charge is 0.250 e. The van der Waals surface area contributed by atoms with Gasteiger partial charge in [-0.1, -0.05) is 55.2 Å². The average Bonchev–Trinajstić information content (AvgIpc) is 3.10. The second-order valence-corrected chi connectivity index (χ2v) is 8.49. The highest BCUT2D eigenvalue weighted by Gasteiger charge is 2.29. The zero-order chi connectivity index (χ0) is 22.1. The van der Waals surface area contributed by atoms with Gasteiger partial charge in [0.05, 0.1) is 0 Å². The number of anilines is 2. The van der Waals surface area contributed by atoms with Gasteiger partial charge in [-0.2, -0.15) is 4.98 Å². The number of allylic oxidation sites excluding steroid dienone is 1. The fourth-order valence-corrected chi connectivity index (χ4v) is 3.79. The minimum absolute atomic E-state index is 0.136. The summed E-state index contributed by atoms with van der Waals surface area (Å²) in [5.41, 5.74) is 1.80. The third-order valence-electron chi connectivity index (χ3n) is 4.76. The Morgan fingerprint density at radius 1 is 1.23 bits per heavy atom. The molecule has 3 aromatic rings. The normalized spacial score (nSPS) is 15.3. The number of hydrogen-bond donors (Lipinski definition) is 2. The summed E-state index contributed by atoms with van der Waals surface area (Å²) >= 11 is 12.4. The summed E-state index contributed by atoms with van der Waals surface area (Å²) in [6.45, 7) is 3.90.